The molecule has 8 heteroatoms. The first-order valence-corrected chi connectivity index (χ1v) is 10.9. The Labute approximate surface area is 179 Å². The molecular weight excluding hydrogens is 398 g/mol. The van der Waals surface area contributed by atoms with E-state index in [1.807, 2.05) is 58.9 Å². The Kier molecular flexibility index (Phi) is 5.96. The highest BCUT2D eigenvalue weighted by molar-refractivity contribution is 7.12. The normalized spacial score (nSPS) is 15.1. The van der Waals surface area contributed by atoms with Gasteiger partial charge in [0.15, 0.2) is 5.82 Å². The molecule has 1 aliphatic heterocycles. The van der Waals surface area contributed by atoms with Crippen molar-refractivity contribution in [3.8, 4) is 5.69 Å². The van der Waals surface area contributed by atoms with Crippen LogP contribution in [0.1, 0.15) is 29.4 Å². The van der Waals surface area contributed by atoms with E-state index in [0.717, 1.165) is 36.5 Å². The molecule has 1 fully saturated rings. The van der Waals surface area contributed by atoms with Gasteiger partial charge in [-0.05, 0) is 62.6 Å². The molecule has 4 rings (SSSR count). The van der Waals surface area contributed by atoms with Crippen LogP contribution in [-0.4, -0.2) is 52.7 Å². The molecule has 1 aliphatic rings. The first-order chi connectivity index (χ1) is 14.5. The first kappa shape index (κ1) is 20.3. The Morgan fingerprint density at radius 2 is 1.97 bits per heavy atom. The number of carbonyl (C=O) groups is 2. The number of thiophene rings is 1. The van der Waals surface area contributed by atoms with Crippen LogP contribution in [0.3, 0.4) is 0 Å². The molecule has 7 nitrogen and oxygen atoms in total. The minimum atomic E-state index is -0.122. The van der Waals surface area contributed by atoms with Crippen LogP contribution in [0.15, 0.2) is 54.0 Å². The van der Waals surface area contributed by atoms with Gasteiger partial charge in [-0.2, -0.15) is 0 Å². The van der Waals surface area contributed by atoms with Gasteiger partial charge in [0.1, 0.15) is 0 Å². The largest absolute Gasteiger partial charge is 0.326 e. The molecule has 3 heterocycles. The number of amides is 2. The number of piperidine rings is 1. The highest BCUT2D eigenvalue weighted by Gasteiger charge is 2.31. The molecule has 0 radical (unpaired) electrons. The lowest BCUT2D eigenvalue weighted by Gasteiger charge is -2.36. The molecule has 0 atom stereocenters. The highest BCUT2D eigenvalue weighted by atomic mass is 32.1. The number of carbonyl (C=O) groups excluding carboxylic acids is 2. The zero-order valence-electron chi connectivity index (χ0n) is 17.1. The van der Waals surface area contributed by atoms with Gasteiger partial charge >= 0.3 is 0 Å². The van der Waals surface area contributed by atoms with Crippen LogP contribution in [0.4, 0.5) is 11.5 Å². The van der Waals surface area contributed by atoms with Crippen LogP contribution >= 0.6 is 11.3 Å². The maximum Gasteiger partial charge on any atom is 0.269 e. The Morgan fingerprint density at radius 3 is 2.67 bits per heavy atom. The summed E-state index contributed by atoms with van der Waals surface area (Å²) in [6, 6.07) is 13.2. The van der Waals surface area contributed by atoms with Crippen molar-refractivity contribution in [2.24, 2.45) is 0 Å². The number of benzene rings is 1. The van der Waals surface area contributed by atoms with Crippen molar-refractivity contribution < 1.29 is 9.59 Å². The van der Waals surface area contributed by atoms with Gasteiger partial charge < -0.3 is 10.2 Å². The molecule has 0 saturated carbocycles. The van der Waals surface area contributed by atoms with Crippen LogP contribution in [-0.2, 0) is 4.79 Å². The maximum atomic E-state index is 13.3. The Hall–Kier alpha value is -2.97. The molecule has 1 aromatic carbocycles. The lowest BCUT2D eigenvalue weighted by Crippen LogP contribution is -2.47. The van der Waals surface area contributed by atoms with Crippen LogP contribution in [0.5, 0.6) is 0 Å². The van der Waals surface area contributed by atoms with E-state index in [4.69, 9.17) is 5.10 Å². The summed E-state index contributed by atoms with van der Waals surface area (Å²) < 4.78 is 1.74. The number of rotatable bonds is 5. The molecule has 0 aliphatic carbocycles. The van der Waals surface area contributed by atoms with E-state index in [-0.39, 0.29) is 17.9 Å². The lowest BCUT2D eigenvalue weighted by molar-refractivity contribution is -0.114. The van der Waals surface area contributed by atoms with Crippen molar-refractivity contribution in [2.75, 3.05) is 30.4 Å². The number of hydrogen-bond donors (Lipinski definition) is 1. The SMILES string of the molecule is CC(=O)Nc1cccc(-n2ccc(N(C(=O)c3cccs3)C3CCN(C)CC3)n2)c1. The summed E-state index contributed by atoms with van der Waals surface area (Å²) in [6.07, 6.45) is 3.68. The maximum absolute atomic E-state index is 13.3. The second-order valence-electron chi connectivity index (χ2n) is 7.54. The fourth-order valence-electron chi connectivity index (χ4n) is 3.75. The molecule has 1 N–H and O–H groups in total. The van der Waals surface area contributed by atoms with Gasteiger partial charge in [-0.1, -0.05) is 12.1 Å². The summed E-state index contributed by atoms with van der Waals surface area (Å²) in [4.78, 5) is 29.6. The molecule has 30 heavy (non-hydrogen) atoms. The molecule has 2 amide bonds. The molecule has 156 valence electrons. The third-order valence-corrected chi connectivity index (χ3v) is 6.11. The van der Waals surface area contributed by atoms with Gasteiger partial charge in [0.2, 0.25) is 5.91 Å². The molecule has 3 aromatic rings. The smallest absolute Gasteiger partial charge is 0.269 e. The Morgan fingerprint density at radius 1 is 1.17 bits per heavy atom. The van der Waals surface area contributed by atoms with E-state index in [0.29, 0.717) is 11.5 Å². The summed E-state index contributed by atoms with van der Waals surface area (Å²) in [5, 5.41) is 9.44. The summed E-state index contributed by atoms with van der Waals surface area (Å²) >= 11 is 1.45. The predicted octanol–water partition coefficient (Wildman–Crippen LogP) is 3.63. The number of hydrogen-bond acceptors (Lipinski definition) is 5. The third kappa shape index (κ3) is 4.44. The van der Waals surface area contributed by atoms with Gasteiger partial charge in [0.25, 0.3) is 5.91 Å². The van der Waals surface area contributed by atoms with Gasteiger partial charge in [-0.25, -0.2) is 4.68 Å². The van der Waals surface area contributed by atoms with E-state index < -0.39 is 0 Å². The van der Waals surface area contributed by atoms with Crippen LogP contribution in [0.2, 0.25) is 0 Å². The van der Waals surface area contributed by atoms with Gasteiger partial charge in [0, 0.05) is 30.9 Å². The quantitative estimate of drug-likeness (QED) is 0.680. The average molecular weight is 424 g/mol. The van der Waals surface area contributed by atoms with Crippen LogP contribution in [0.25, 0.3) is 5.69 Å². The molecule has 0 spiro atoms. The third-order valence-electron chi connectivity index (χ3n) is 5.26. The predicted molar refractivity (Wildman–Crippen MR) is 120 cm³/mol. The first-order valence-electron chi connectivity index (χ1n) is 10.0. The fourth-order valence-corrected chi connectivity index (χ4v) is 4.41. The van der Waals surface area contributed by atoms with Crippen LogP contribution < -0.4 is 10.2 Å². The molecule has 0 unspecified atom stereocenters. The van der Waals surface area contributed by atoms with Crippen molar-refractivity contribution in [2.45, 2.75) is 25.8 Å². The van der Waals surface area contributed by atoms with E-state index >= 15 is 0 Å². The second-order valence-corrected chi connectivity index (χ2v) is 8.48. The van der Waals surface area contributed by atoms with Crippen LogP contribution in [0, 0.1) is 0 Å². The van der Waals surface area contributed by atoms with Gasteiger partial charge in [-0.15, -0.1) is 16.4 Å². The number of nitrogens with one attached hydrogen (secondary N) is 1. The fraction of sp³-hybridized carbons (Fsp3) is 0.318. The minimum absolute atomic E-state index is 0.00296. The minimum Gasteiger partial charge on any atom is -0.326 e. The monoisotopic (exact) mass is 423 g/mol. The zero-order chi connectivity index (χ0) is 21.1. The molecule has 0 bridgehead atoms. The van der Waals surface area contributed by atoms with Crippen molar-refractivity contribution in [1.29, 1.82) is 0 Å². The summed E-state index contributed by atoms with van der Waals surface area (Å²) in [5.74, 6) is 0.521. The van der Waals surface area contributed by atoms with Crippen molar-refractivity contribution >= 4 is 34.7 Å². The van der Waals surface area contributed by atoms with E-state index in [9.17, 15) is 9.59 Å². The highest BCUT2D eigenvalue weighted by Crippen LogP contribution is 2.26. The molecular formula is C22H25N5O2S. The molecule has 1 saturated heterocycles. The van der Waals surface area contributed by atoms with E-state index in [2.05, 4.69) is 17.3 Å². The van der Waals surface area contributed by atoms with Gasteiger partial charge in [0.05, 0.1) is 10.6 Å². The van der Waals surface area contributed by atoms with Crippen molar-refractivity contribution in [3.05, 3.63) is 58.9 Å². The summed E-state index contributed by atoms with van der Waals surface area (Å²) in [5.41, 5.74) is 1.53. The van der Waals surface area contributed by atoms with Crippen molar-refractivity contribution in [3.63, 3.8) is 0 Å². The van der Waals surface area contributed by atoms with E-state index in [1.54, 1.807) is 4.68 Å². The Balaban J connectivity index is 1.64. The average Bonchev–Trinajstić information content (AvgIpc) is 3.42. The number of anilines is 2. The lowest BCUT2D eigenvalue weighted by atomic mass is 10.0. The Bertz CT molecular complexity index is 1020. The van der Waals surface area contributed by atoms with Crippen molar-refractivity contribution in [1.82, 2.24) is 14.7 Å². The standard InChI is InChI=1S/C22H25N5O2S/c1-16(28)23-17-5-3-6-19(15-17)26-13-10-21(24-26)27(18-8-11-25(2)12-9-18)22(29)20-7-4-14-30-20/h3-7,10,13-15,18H,8-9,11-12H2,1-2H3,(H,23,28). The second kappa shape index (κ2) is 8.81. The van der Waals surface area contributed by atoms with Gasteiger partial charge in [-0.3, -0.25) is 14.5 Å². The summed E-state index contributed by atoms with van der Waals surface area (Å²) in [7, 11) is 2.11. The number of nitrogens with zero attached hydrogens (tertiary/aromatic N) is 4. The number of likely N-dealkylation sites (tertiary alicyclic amines) is 1. The molecule has 2 aromatic heterocycles. The van der Waals surface area contributed by atoms with E-state index in [1.165, 1.54) is 18.3 Å². The topological polar surface area (TPSA) is 70.5 Å². The zero-order valence-corrected chi connectivity index (χ0v) is 17.9. The summed E-state index contributed by atoms with van der Waals surface area (Å²) in [6.45, 7) is 3.39. The number of aromatic nitrogens is 2.